The Labute approximate surface area is 154 Å². The summed E-state index contributed by atoms with van der Waals surface area (Å²) >= 11 is 0. The van der Waals surface area contributed by atoms with Crippen molar-refractivity contribution in [3.63, 3.8) is 0 Å². The minimum atomic E-state index is -0.360. The molecule has 1 atom stereocenters. The molecule has 2 aromatic carbocycles. The summed E-state index contributed by atoms with van der Waals surface area (Å²) in [6, 6.07) is 21.4. The van der Waals surface area contributed by atoms with E-state index in [9.17, 15) is 4.79 Å². The number of ether oxygens (including phenoxy) is 2. The van der Waals surface area contributed by atoms with Crippen molar-refractivity contribution in [2.45, 2.75) is 26.0 Å². The normalized spacial score (nSPS) is 11.7. The summed E-state index contributed by atoms with van der Waals surface area (Å²) in [5, 5.41) is 0. The zero-order chi connectivity index (χ0) is 18.2. The first-order valence-corrected chi connectivity index (χ1v) is 8.81. The summed E-state index contributed by atoms with van der Waals surface area (Å²) in [5.74, 6) is 0.597. The van der Waals surface area contributed by atoms with Crippen LogP contribution in [0.25, 0.3) is 0 Å². The highest BCUT2D eigenvalue weighted by molar-refractivity contribution is 5.74. The molecule has 3 rings (SSSR count). The third kappa shape index (κ3) is 4.76. The van der Waals surface area contributed by atoms with Gasteiger partial charge in [0.05, 0.1) is 6.61 Å². The number of esters is 1. The Balaban J connectivity index is 1.64. The largest absolute Gasteiger partial charge is 0.489 e. The molecular weight excluding hydrogens is 326 g/mol. The second-order valence-electron chi connectivity index (χ2n) is 6.02. The Morgan fingerprint density at radius 2 is 1.62 bits per heavy atom. The number of carbonyl (C=O) groups excluding carboxylic acids is 1. The Morgan fingerprint density at radius 1 is 0.923 bits per heavy atom. The Kier molecular flexibility index (Phi) is 6.09. The maximum Gasteiger partial charge on any atom is 0.329 e. The van der Waals surface area contributed by atoms with Crippen molar-refractivity contribution in [2.75, 3.05) is 6.61 Å². The molecule has 1 aromatic heterocycles. The summed E-state index contributed by atoms with van der Waals surface area (Å²) in [6.45, 7) is 2.74. The van der Waals surface area contributed by atoms with Gasteiger partial charge in [-0.1, -0.05) is 42.5 Å². The highest BCUT2D eigenvalue weighted by Crippen LogP contribution is 2.20. The predicted molar refractivity (Wildman–Crippen MR) is 101 cm³/mol. The van der Waals surface area contributed by atoms with Crippen LogP contribution in [0.4, 0.5) is 0 Å². The lowest BCUT2D eigenvalue weighted by Crippen LogP contribution is -2.23. The van der Waals surface area contributed by atoms with Gasteiger partial charge in [0, 0.05) is 18.8 Å². The van der Waals surface area contributed by atoms with Crippen molar-refractivity contribution in [2.24, 2.45) is 0 Å². The van der Waals surface area contributed by atoms with E-state index in [0.29, 0.717) is 19.6 Å². The van der Waals surface area contributed by atoms with Crippen molar-refractivity contribution in [3.8, 4) is 5.75 Å². The zero-order valence-corrected chi connectivity index (χ0v) is 14.9. The van der Waals surface area contributed by atoms with Crippen LogP contribution in [0.2, 0.25) is 0 Å². The van der Waals surface area contributed by atoms with Crippen LogP contribution >= 0.6 is 0 Å². The number of hydrogen-bond donors (Lipinski definition) is 0. The molecule has 0 saturated carbocycles. The smallest absolute Gasteiger partial charge is 0.329 e. The fourth-order valence-electron chi connectivity index (χ4n) is 2.79. The van der Waals surface area contributed by atoms with Crippen molar-refractivity contribution in [3.05, 3.63) is 90.3 Å². The van der Waals surface area contributed by atoms with Crippen LogP contribution in [0.15, 0.2) is 79.1 Å². The minimum absolute atomic E-state index is 0.215. The van der Waals surface area contributed by atoms with Crippen LogP contribution < -0.4 is 4.74 Å². The summed E-state index contributed by atoms with van der Waals surface area (Å²) in [5.41, 5.74) is 2.19. The van der Waals surface area contributed by atoms with Gasteiger partial charge in [0.15, 0.2) is 0 Å². The Morgan fingerprint density at radius 3 is 2.27 bits per heavy atom. The molecule has 4 nitrogen and oxygen atoms in total. The highest BCUT2D eigenvalue weighted by atomic mass is 16.5. The summed E-state index contributed by atoms with van der Waals surface area (Å²) in [6.07, 6.45) is 4.35. The van der Waals surface area contributed by atoms with Crippen LogP contribution in [0.3, 0.4) is 0 Å². The molecule has 0 radical (unpaired) electrons. The van der Waals surface area contributed by atoms with Crippen molar-refractivity contribution >= 4 is 5.97 Å². The molecule has 0 aliphatic rings. The monoisotopic (exact) mass is 349 g/mol. The quantitative estimate of drug-likeness (QED) is 0.566. The topological polar surface area (TPSA) is 40.5 Å². The Hall–Kier alpha value is -3.01. The van der Waals surface area contributed by atoms with Gasteiger partial charge in [0.1, 0.15) is 18.4 Å². The molecule has 1 heterocycles. The average Bonchev–Trinajstić information content (AvgIpc) is 3.21. The molecular formula is C22H23NO3. The lowest BCUT2D eigenvalue weighted by Gasteiger charge is -2.17. The first kappa shape index (κ1) is 17.8. The molecule has 0 bridgehead atoms. The molecule has 0 saturated heterocycles. The minimum Gasteiger partial charge on any atom is -0.489 e. The average molecular weight is 349 g/mol. The van der Waals surface area contributed by atoms with E-state index < -0.39 is 0 Å². The van der Waals surface area contributed by atoms with Gasteiger partial charge in [-0.25, -0.2) is 4.79 Å². The van der Waals surface area contributed by atoms with Crippen LogP contribution in [0.1, 0.15) is 24.1 Å². The molecule has 0 amide bonds. The standard InChI is InChI=1S/C22H23NO3/c1-2-25-22(24)21(23-14-6-7-15-23)16-18-10-12-20(13-11-18)26-17-19-8-4-3-5-9-19/h3-15,21H,2,16-17H2,1H3. The maximum absolute atomic E-state index is 12.3. The predicted octanol–water partition coefficient (Wildman–Crippen LogP) is 4.41. The molecule has 26 heavy (non-hydrogen) atoms. The zero-order valence-electron chi connectivity index (χ0n) is 14.9. The van der Waals surface area contributed by atoms with Crippen LogP contribution in [-0.4, -0.2) is 17.1 Å². The molecule has 4 heteroatoms. The van der Waals surface area contributed by atoms with Gasteiger partial charge in [-0.2, -0.15) is 0 Å². The molecule has 0 spiro atoms. The highest BCUT2D eigenvalue weighted by Gasteiger charge is 2.21. The number of benzene rings is 2. The lowest BCUT2D eigenvalue weighted by atomic mass is 10.1. The fraction of sp³-hybridized carbons (Fsp3) is 0.227. The second kappa shape index (κ2) is 8.90. The van der Waals surface area contributed by atoms with Crippen LogP contribution in [0, 0.1) is 0 Å². The molecule has 3 aromatic rings. The first-order valence-electron chi connectivity index (χ1n) is 8.81. The van der Waals surface area contributed by atoms with E-state index in [1.165, 1.54) is 0 Å². The molecule has 0 aliphatic carbocycles. The van der Waals surface area contributed by atoms with Crippen molar-refractivity contribution < 1.29 is 14.3 Å². The molecule has 0 fully saturated rings. The van der Waals surface area contributed by atoms with Gasteiger partial charge in [-0.3, -0.25) is 0 Å². The van der Waals surface area contributed by atoms with E-state index >= 15 is 0 Å². The third-order valence-electron chi connectivity index (χ3n) is 4.15. The summed E-state index contributed by atoms with van der Waals surface area (Å²) in [4.78, 5) is 12.3. The number of hydrogen-bond acceptors (Lipinski definition) is 3. The third-order valence-corrected chi connectivity index (χ3v) is 4.15. The van der Waals surface area contributed by atoms with Crippen molar-refractivity contribution in [1.82, 2.24) is 4.57 Å². The number of aromatic nitrogens is 1. The number of carbonyl (C=O) groups is 1. The van der Waals surface area contributed by atoms with E-state index in [-0.39, 0.29) is 12.0 Å². The number of nitrogens with zero attached hydrogens (tertiary/aromatic N) is 1. The van der Waals surface area contributed by atoms with E-state index in [4.69, 9.17) is 9.47 Å². The molecule has 134 valence electrons. The maximum atomic E-state index is 12.3. The van der Waals surface area contributed by atoms with Gasteiger partial charge < -0.3 is 14.0 Å². The van der Waals surface area contributed by atoms with E-state index in [1.54, 1.807) is 0 Å². The Bertz CT molecular complexity index is 795. The van der Waals surface area contributed by atoms with Gasteiger partial charge in [-0.05, 0) is 42.3 Å². The second-order valence-corrected chi connectivity index (χ2v) is 6.02. The molecule has 0 N–H and O–H groups in total. The molecule has 0 aliphatic heterocycles. The fourth-order valence-corrected chi connectivity index (χ4v) is 2.79. The van der Waals surface area contributed by atoms with Crippen LogP contribution in [-0.2, 0) is 22.6 Å². The van der Waals surface area contributed by atoms with E-state index in [1.807, 2.05) is 90.6 Å². The lowest BCUT2D eigenvalue weighted by molar-refractivity contribution is -0.147. The van der Waals surface area contributed by atoms with Gasteiger partial charge in [0.25, 0.3) is 0 Å². The summed E-state index contributed by atoms with van der Waals surface area (Å²) < 4.78 is 12.9. The van der Waals surface area contributed by atoms with E-state index in [0.717, 1.165) is 16.9 Å². The van der Waals surface area contributed by atoms with Crippen LogP contribution in [0.5, 0.6) is 5.75 Å². The SMILES string of the molecule is CCOC(=O)C(Cc1ccc(OCc2ccccc2)cc1)n1cccc1. The van der Waals surface area contributed by atoms with Gasteiger partial charge >= 0.3 is 5.97 Å². The van der Waals surface area contributed by atoms with Crippen molar-refractivity contribution in [1.29, 1.82) is 0 Å². The summed E-state index contributed by atoms with van der Waals surface area (Å²) in [7, 11) is 0. The number of rotatable bonds is 8. The molecule has 1 unspecified atom stereocenters. The van der Waals surface area contributed by atoms with Gasteiger partial charge in [-0.15, -0.1) is 0 Å². The van der Waals surface area contributed by atoms with E-state index in [2.05, 4.69) is 0 Å². The van der Waals surface area contributed by atoms with Gasteiger partial charge in [0.2, 0.25) is 0 Å². The first-order chi connectivity index (χ1) is 12.8.